The Balaban J connectivity index is 0.000000680. The molecule has 0 aliphatic carbocycles. The second-order valence-electron chi connectivity index (χ2n) is 15.0. The summed E-state index contributed by atoms with van der Waals surface area (Å²) in [7, 11) is 4.31. The quantitative estimate of drug-likeness (QED) is 0.272. The van der Waals surface area contributed by atoms with Crippen LogP contribution in [-0.4, -0.2) is 109 Å². The lowest BCUT2D eigenvalue weighted by Gasteiger charge is -2.29. The fourth-order valence-corrected chi connectivity index (χ4v) is 4.61. The summed E-state index contributed by atoms with van der Waals surface area (Å²) in [6, 6.07) is 7.49. The van der Waals surface area contributed by atoms with Crippen LogP contribution in [0.15, 0.2) is 49.1 Å². The first-order valence-electron chi connectivity index (χ1n) is 18.2. The van der Waals surface area contributed by atoms with E-state index >= 15 is 0 Å². The van der Waals surface area contributed by atoms with Gasteiger partial charge < -0.3 is 41.4 Å². The molecule has 0 spiro atoms. The summed E-state index contributed by atoms with van der Waals surface area (Å²) >= 11 is 0. The Morgan fingerprint density at radius 3 is 1.44 bits per heavy atom. The van der Waals surface area contributed by atoms with Crippen LogP contribution in [0, 0.1) is 11.8 Å². The van der Waals surface area contributed by atoms with E-state index < -0.39 is 29.8 Å². The van der Waals surface area contributed by atoms with Gasteiger partial charge in [-0.2, -0.15) is 13.2 Å². The number of amides is 2. The number of alkyl carbamates (subject to hydrolysis) is 2. The summed E-state index contributed by atoms with van der Waals surface area (Å²) in [6.07, 6.45) is 5.36. The van der Waals surface area contributed by atoms with Crippen molar-refractivity contribution >= 4 is 18.5 Å². The number of carbonyl (C=O) groups excluding carboxylic acids is 3. The lowest BCUT2D eigenvalue weighted by Crippen LogP contribution is -2.39. The summed E-state index contributed by atoms with van der Waals surface area (Å²) in [5.41, 5.74) is 12.1. The maximum Gasteiger partial charge on any atom is 0.446 e. The molecule has 4 heterocycles. The molecule has 2 aliphatic heterocycles. The molecule has 4 rings (SSSR count). The van der Waals surface area contributed by atoms with Crippen molar-refractivity contribution in [2.75, 3.05) is 53.4 Å². The first-order chi connectivity index (χ1) is 25.2. The number of hydrogen-bond donors (Lipinski definition) is 4. The molecule has 0 atom stereocenters. The molecule has 2 aromatic rings. The average molecular weight is 771 g/mol. The van der Waals surface area contributed by atoms with Gasteiger partial charge >= 0.3 is 18.4 Å². The van der Waals surface area contributed by atoms with Gasteiger partial charge in [-0.15, -0.1) is 0 Å². The maximum atomic E-state index is 11.4. The largest absolute Gasteiger partial charge is 0.446 e. The fourth-order valence-electron chi connectivity index (χ4n) is 4.61. The topological polar surface area (TPSA) is 178 Å². The predicted molar refractivity (Wildman–Crippen MR) is 205 cm³/mol. The number of aldehydes is 1. The van der Waals surface area contributed by atoms with Gasteiger partial charge in [-0.1, -0.05) is 0 Å². The van der Waals surface area contributed by atoms with Gasteiger partial charge in [0.15, 0.2) is 0 Å². The van der Waals surface area contributed by atoms with Crippen LogP contribution < -0.4 is 22.1 Å². The molecule has 0 radical (unpaired) electrons. The van der Waals surface area contributed by atoms with Crippen molar-refractivity contribution in [3.05, 3.63) is 60.2 Å². The SMILES string of the molecule is CC(C)(C)OC(=O)NCc1ccncc1.CN1CCC(CN)CC1.CN1CCC(CNC(=O)OC(C)(C)C)CC1.NCc1ccncc1.O=CC(F)(F)F. The van der Waals surface area contributed by atoms with E-state index in [1.807, 2.05) is 65.8 Å². The number of carbonyl (C=O) groups is 3. The molecule has 2 saturated heterocycles. The Labute approximate surface area is 320 Å². The number of alkyl halides is 3. The number of halogens is 3. The first-order valence-corrected chi connectivity index (χ1v) is 18.2. The van der Waals surface area contributed by atoms with Gasteiger partial charge in [0.1, 0.15) is 11.2 Å². The number of ether oxygens (including phenoxy) is 2. The summed E-state index contributed by atoms with van der Waals surface area (Å²) in [6.45, 7) is 18.5. The van der Waals surface area contributed by atoms with Crippen LogP contribution in [0.3, 0.4) is 0 Å². The molecule has 308 valence electrons. The van der Waals surface area contributed by atoms with E-state index in [0.717, 1.165) is 56.1 Å². The Bertz CT molecular complexity index is 1260. The van der Waals surface area contributed by atoms with Crippen LogP contribution in [0.4, 0.5) is 22.8 Å². The third kappa shape index (κ3) is 30.6. The standard InChI is InChI=1S/C12H24N2O2.C11H16N2O2.C7H16N2.C6H8N2.C2HF3O/c1-12(2,3)16-11(15)13-9-10-5-7-14(4)8-6-10;1-11(2,3)15-10(14)13-8-9-4-6-12-7-5-9;1-9-4-2-7(6-8)3-5-9;7-5-6-1-3-8-4-2-6;3-2(4,5)1-6/h10H,5-9H2,1-4H3,(H,13,15);4-7H,8H2,1-3H3,(H,13,14);7H,2-6,8H2,1H3;1-4H,5,7H2;1H. The Kier molecular flexibility index (Phi) is 24.9. The second kappa shape index (κ2) is 26.8. The van der Waals surface area contributed by atoms with E-state index in [1.54, 1.807) is 24.8 Å². The van der Waals surface area contributed by atoms with Crippen LogP contribution in [0.1, 0.15) is 78.4 Å². The van der Waals surface area contributed by atoms with Crippen molar-refractivity contribution in [1.82, 2.24) is 30.4 Å². The molecule has 13 nitrogen and oxygen atoms in total. The summed E-state index contributed by atoms with van der Waals surface area (Å²) < 4.78 is 41.5. The van der Waals surface area contributed by atoms with Gasteiger partial charge in [0.2, 0.25) is 6.29 Å². The zero-order valence-corrected chi connectivity index (χ0v) is 33.5. The number of nitrogens with zero attached hydrogens (tertiary/aromatic N) is 4. The molecule has 2 amide bonds. The number of aromatic nitrogens is 2. The number of nitrogens with two attached hydrogens (primary N) is 2. The lowest BCUT2D eigenvalue weighted by molar-refractivity contribution is -0.156. The number of likely N-dealkylation sites (tertiary alicyclic amines) is 2. The second-order valence-corrected chi connectivity index (χ2v) is 15.0. The molecule has 2 aliphatic rings. The summed E-state index contributed by atoms with van der Waals surface area (Å²) in [5, 5.41) is 5.51. The minimum Gasteiger partial charge on any atom is -0.444 e. The van der Waals surface area contributed by atoms with Crippen LogP contribution >= 0.6 is 0 Å². The average Bonchev–Trinajstić information content (AvgIpc) is 3.11. The molecule has 16 heteroatoms. The van der Waals surface area contributed by atoms with E-state index in [4.69, 9.17) is 25.7 Å². The van der Waals surface area contributed by atoms with Crippen molar-refractivity contribution < 1.29 is 37.0 Å². The summed E-state index contributed by atoms with van der Waals surface area (Å²) in [4.78, 5) is 43.8. The van der Waals surface area contributed by atoms with Gasteiger partial charge in [0, 0.05) is 44.4 Å². The minimum atomic E-state index is -4.64. The number of piperidine rings is 2. The van der Waals surface area contributed by atoms with Crippen molar-refractivity contribution in [2.45, 2.75) is 97.7 Å². The highest BCUT2D eigenvalue weighted by atomic mass is 19.4. The molecule has 0 saturated carbocycles. The van der Waals surface area contributed by atoms with E-state index in [-0.39, 0.29) is 6.09 Å². The highest BCUT2D eigenvalue weighted by Crippen LogP contribution is 2.16. The number of rotatable bonds is 6. The van der Waals surface area contributed by atoms with Crippen molar-refractivity contribution in [1.29, 1.82) is 0 Å². The van der Waals surface area contributed by atoms with Crippen LogP contribution in [0.5, 0.6) is 0 Å². The van der Waals surface area contributed by atoms with E-state index in [2.05, 4.69) is 44.5 Å². The van der Waals surface area contributed by atoms with Crippen molar-refractivity contribution in [3.63, 3.8) is 0 Å². The third-order valence-electron chi connectivity index (χ3n) is 7.65. The molecule has 2 aromatic heterocycles. The maximum absolute atomic E-state index is 11.4. The molecule has 0 aromatic carbocycles. The minimum absolute atomic E-state index is 0.300. The first kappa shape index (κ1) is 50.1. The van der Waals surface area contributed by atoms with Crippen LogP contribution in [-0.2, 0) is 27.4 Å². The van der Waals surface area contributed by atoms with Crippen LogP contribution in [0.2, 0.25) is 0 Å². The number of nitrogens with one attached hydrogen (secondary N) is 2. The number of pyridine rings is 2. The molecular weight excluding hydrogens is 705 g/mol. The summed E-state index contributed by atoms with van der Waals surface area (Å²) in [5.74, 6) is 1.41. The zero-order valence-electron chi connectivity index (χ0n) is 33.5. The lowest BCUT2D eigenvalue weighted by atomic mass is 9.97. The Morgan fingerprint density at radius 2 is 1.11 bits per heavy atom. The van der Waals surface area contributed by atoms with E-state index in [1.165, 1.54) is 25.9 Å². The van der Waals surface area contributed by atoms with Crippen molar-refractivity contribution in [3.8, 4) is 0 Å². The van der Waals surface area contributed by atoms with Crippen LogP contribution in [0.25, 0.3) is 0 Å². The van der Waals surface area contributed by atoms with Gasteiger partial charge in [0.25, 0.3) is 0 Å². The van der Waals surface area contributed by atoms with Gasteiger partial charge in [-0.05, 0) is 161 Å². The van der Waals surface area contributed by atoms with Crippen molar-refractivity contribution in [2.24, 2.45) is 23.3 Å². The van der Waals surface area contributed by atoms with Gasteiger partial charge in [-0.3, -0.25) is 14.8 Å². The molecule has 54 heavy (non-hydrogen) atoms. The molecular formula is C38H65F3N8O5. The fraction of sp³-hybridized carbons (Fsp3) is 0.658. The monoisotopic (exact) mass is 771 g/mol. The van der Waals surface area contributed by atoms with Gasteiger partial charge in [-0.25, -0.2) is 9.59 Å². The Morgan fingerprint density at radius 1 is 0.741 bits per heavy atom. The molecule has 6 N–H and O–H groups in total. The third-order valence-corrected chi connectivity index (χ3v) is 7.65. The molecule has 2 fully saturated rings. The highest BCUT2D eigenvalue weighted by Gasteiger charge is 2.25. The van der Waals surface area contributed by atoms with E-state index in [0.29, 0.717) is 19.0 Å². The highest BCUT2D eigenvalue weighted by molar-refractivity contribution is 5.68. The predicted octanol–water partition coefficient (Wildman–Crippen LogP) is 5.53. The normalized spacial score (nSPS) is 15.5. The smallest absolute Gasteiger partial charge is 0.444 e. The molecule has 0 unspecified atom stereocenters. The van der Waals surface area contributed by atoms with E-state index in [9.17, 15) is 22.8 Å². The number of hydrogen-bond acceptors (Lipinski definition) is 11. The molecule has 0 bridgehead atoms. The zero-order chi connectivity index (χ0) is 41.2. The Hall–Kier alpha value is -3.86. The van der Waals surface area contributed by atoms with Gasteiger partial charge in [0.05, 0.1) is 0 Å².